The molecule has 0 fully saturated rings. The van der Waals surface area contributed by atoms with Crippen molar-refractivity contribution in [3.63, 3.8) is 0 Å². The molecule has 0 aliphatic heterocycles. The molecular weight excluding hydrogens is 276 g/mol. The van der Waals surface area contributed by atoms with E-state index >= 15 is 0 Å². The van der Waals surface area contributed by atoms with Crippen LogP contribution in [-0.2, 0) is 0 Å². The van der Waals surface area contributed by atoms with Crippen LogP contribution in [0.5, 0.6) is 0 Å². The van der Waals surface area contributed by atoms with E-state index in [0.29, 0.717) is 10.9 Å². The Hall–Kier alpha value is -1.80. The molecule has 0 heterocycles. The van der Waals surface area contributed by atoms with Gasteiger partial charge in [0.05, 0.1) is 16.5 Å². The second-order valence-corrected chi connectivity index (χ2v) is 3.41. The van der Waals surface area contributed by atoms with Gasteiger partial charge in [-0.15, -0.1) is 0 Å². The number of alkyl halides is 1. The molecule has 4 nitrogen and oxygen atoms in total. The maximum atomic E-state index is 10.8. The van der Waals surface area contributed by atoms with Gasteiger partial charge in [0, 0.05) is 5.56 Å². The summed E-state index contributed by atoms with van der Waals surface area (Å²) in [4.78, 5) is 21.5. The Bertz CT molecular complexity index is 464. The zero-order valence-corrected chi connectivity index (χ0v) is 9.61. The minimum absolute atomic E-state index is 0.0845. The average Bonchev–Trinajstić information content (AvgIpc) is 2.25. The first kappa shape index (κ1) is 12.3. The van der Waals surface area contributed by atoms with Crippen LogP contribution < -0.4 is 0 Å². The van der Waals surface area contributed by atoms with E-state index in [9.17, 15) is 9.59 Å². The zero-order valence-electron chi connectivity index (χ0n) is 8.03. The molecular formula is C11H7BrO4. The predicted molar refractivity (Wildman–Crippen MR) is 61.0 cm³/mol. The highest BCUT2D eigenvalue weighted by molar-refractivity contribution is 9.09. The van der Waals surface area contributed by atoms with Crippen LogP contribution >= 0.6 is 15.9 Å². The molecule has 0 aromatic heterocycles. The van der Waals surface area contributed by atoms with E-state index in [1.54, 1.807) is 0 Å². The van der Waals surface area contributed by atoms with E-state index < -0.39 is 11.9 Å². The van der Waals surface area contributed by atoms with Crippen LogP contribution in [0.3, 0.4) is 0 Å². The molecule has 2 N–H and O–H groups in total. The van der Waals surface area contributed by atoms with Crippen LogP contribution in [0, 0.1) is 11.8 Å². The number of aromatic carboxylic acids is 2. The molecule has 0 amide bonds. The summed E-state index contributed by atoms with van der Waals surface area (Å²) in [6.07, 6.45) is 0. The topological polar surface area (TPSA) is 74.6 Å². The summed E-state index contributed by atoms with van der Waals surface area (Å²) in [6, 6.07) is 3.78. The van der Waals surface area contributed by atoms with Crippen molar-refractivity contribution >= 4 is 27.9 Å². The van der Waals surface area contributed by atoms with Gasteiger partial charge in [-0.1, -0.05) is 27.8 Å². The Balaban J connectivity index is 3.29. The van der Waals surface area contributed by atoms with Crippen molar-refractivity contribution in [3.8, 4) is 11.8 Å². The summed E-state index contributed by atoms with van der Waals surface area (Å²) in [5.74, 6) is 2.99. The van der Waals surface area contributed by atoms with Crippen molar-refractivity contribution in [1.29, 1.82) is 0 Å². The molecule has 0 aliphatic carbocycles. The number of carboxylic acid groups (broad SMARTS) is 2. The monoisotopic (exact) mass is 282 g/mol. The Morgan fingerprint density at radius 3 is 2.00 bits per heavy atom. The van der Waals surface area contributed by atoms with E-state index in [4.69, 9.17) is 10.2 Å². The van der Waals surface area contributed by atoms with Gasteiger partial charge in [0.25, 0.3) is 0 Å². The molecule has 1 aromatic rings. The van der Waals surface area contributed by atoms with Gasteiger partial charge in [0.15, 0.2) is 0 Å². The number of halogens is 1. The summed E-state index contributed by atoms with van der Waals surface area (Å²) >= 11 is 3.10. The molecule has 0 spiro atoms. The number of carboxylic acids is 2. The summed E-state index contributed by atoms with van der Waals surface area (Å²) in [5.41, 5.74) is 0.203. The fourth-order valence-corrected chi connectivity index (χ4v) is 1.22. The second kappa shape index (κ2) is 5.33. The second-order valence-electron chi connectivity index (χ2n) is 2.84. The van der Waals surface area contributed by atoms with Crippen LogP contribution in [0.1, 0.15) is 26.3 Å². The van der Waals surface area contributed by atoms with Gasteiger partial charge in [-0.3, -0.25) is 0 Å². The Kier molecular flexibility index (Phi) is 4.09. The summed E-state index contributed by atoms with van der Waals surface area (Å²) < 4.78 is 0. The van der Waals surface area contributed by atoms with Crippen molar-refractivity contribution < 1.29 is 19.8 Å². The molecule has 0 unspecified atom stereocenters. The number of rotatable bonds is 2. The van der Waals surface area contributed by atoms with Gasteiger partial charge < -0.3 is 10.2 Å². The summed E-state index contributed by atoms with van der Waals surface area (Å²) in [5, 5.41) is 18.0. The zero-order chi connectivity index (χ0) is 12.1. The Morgan fingerprint density at radius 2 is 1.62 bits per heavy atom. The van der Waals surface area contributed by atoms with Crippen molar-refractivity contribution in [2.45, 2.75) is 0 Å². The molecule has 1 rings (SSSR count). The lowest BCUT2D eigenvalue weighted by atomic mass is 10.1. The van der Waals surface area contributed by atoms with Crippen molar-refractivity contribution in [2.24, 2.45) is 0 Å². The highest BCUT2D eigenvalue weighted by Crippen LogP contribution is 2.10. The molecule has 5 heteroatoms. The lowest BCUT2D eigenvalue weighted by molar-refractivity contribution is 0.0696. The number of hydrogen-bond donors (Lipinski definition) is 2. The first-order chi connectivity index (χ1) is 7.54. The van der Waals surface area contributed by atoms with Gasteiger partial charge in [-0.25, -0.2) is 9.59 Å². The molecule has 1 aromatic carbocycles. The van der Waals surface area contributed by atoms with Gasteiger partial charge in [0.1, 0.15) is 0 Å². The van der Waals surface area contributed by atoms with Gasteiger partial charge in [-0.05, 0) is 18.2 Å². The van der Waals surface area contributed by atoms with Crippen LogP contribution in [0.15, 0.2) is 18.2 Å². The Morgan fingerprint density at radius 1 is 1.12 bits per heavy atom. The third kappa shape index (κ3) is 3.11. The van der Waals surface area contributed by atoms with Crippen molar-refractivity contribution in [1.82, 2.24) is 0 Å². The highest BCUT2D eigenvalue weighted by Gasteiger charge is 2.10. The third-order valence-electron chi connectivity index (χ3n) is 1.73. The lowest BCUT2D eigenvalue weighted by Crippen LogP contribution is -2.03. The molecule has 0 atom stereocenters. The molecule has 0 saturated heterocycles. The molecule has 0 saturated carbocycles. The van der Waals surface area contributed by atoms with Crippen molar-refractivity contribution in [2.75, 3.05) is 5.33 Å². The number of benzene rings is 1. The maximum absolute atomic E-state index is 10.8. The van der Waals surface area contributed by atoms with E-state index in [1.165, 1.54) is 12.1 Å². The fourth-order valence-electron chi connectivity index (χ4n) is 1.08. The maximum Gasteiger partial charge on any atom is 0.335 e. The standard InChI is InChI=1S/C11H7BrO4/c12-3-1-2-7-4-8(10(13)14)6-9(5-7)11(15)16/h4-6H,3H2,(H,13,14)(H,15,16). The van der Waals surface area contributed by atoms with Gasteiger partial charge in [0.2, 0.25) is 0 Å². The van der Waals surface area contributed by atoms with Crippen LogP contribution in [0.25, 0.3) is 0 Å². The molecule has 0 aliphatic rings. The largest absolute Gasteiger partial charge is 0.478 e. The quantitative estimate of drug-likeness (QED) is 0.641. The SMILES string of the molecule is O=C(O)c1cc(C#CCBr)cc(C(=O)O)c1. The van der Waals surface area contributed by atoms with Crippen LogP contribution in [0.2, 0.25) is 0 Å². The first-order valence-electron chi connectivity index (χ1n) is 4.21. The average molecular weight is 283 g/mol. The van der Waals surface area contributed by atoms with E-state index in [-0.39, 0.29) is 11.1 Å². The first-order valence-corrected chi connectivity index (χ1v) is 5.33. The van der Waals surface area contributed by atoms with E-state index in [1.807, 2.05) is 0 Å². The smallest absolute Gasteiger partial charge is 0.335 e. The van der Waals surface area contributed by atoms with E-state index in [0.717, 1.165) is 6.07 Å². The van der Waals surface area contributed by atoms with Crippen LogP contribution in [0.4, 0.5) is 0 Å². The minimum atomic E-state index is -1.18. The number of hydrogen-bond acceptors (Lipinski definition) is 2. The van der Waals surface area contributed by atoms with E-state index in [2.05, 4.69) is 27.8 Å². The minimum Gasteiger partial charge on any atom is -0.478 e. The molecule has 16 heavy (non-hydrogen) atoms. The molecule has 0 radical (unpaired) electrons. The van der Waals surface area contributed by atoms with Crippen LogP contribution in [-0.4, -0.2) is 27.5 Å². The van der Waals surface area contributed by atoms with Gasteiger partial charge in [-0.2, -0.15) is 0 Å². The number of carbonyl (C=O) groups is 2. The molecule has 82 valence electrons. The van der Waals surface area contributed by atoms with Gasteiger partial charge >= 0.3 is 11.9 Å². The Labute approximate surface area is 100 Å². The third-order valence-corrected chi connectivity index (χ3v) is 2.01. The predicted octanol–water partition coefficient (Wildman–Crippen LogP) is 1.83. The van der Waals surface area contributed by atoms with Crippen molar-refractivity contribution in [3.05, 3.63) is 34.9 Å². The fraction of sp³-hybridized carbons (Fsp3) is 0.0909. The molecule has 0 bridgehead atoms. The summed E-state index contributed by atoms with van der Waals surface area (Å²) in [7, 11) is 0. The highest BCUT2D eigenvalue weighted by atomic mass is 79.9. The summed E-state index contributed by atoms with van der Waals surface area (Å²) in [6.45, 7) is 0. The normalized spacial score (nSPS) is 9.06. The lowest BCUT2D eigenvalue weighted by Gasteiger charge is -1.99.